The molecule has 0 aliphatic heterocycles. The van der Waals surface area contributed by atoms with Gasteiger partial charge in [-0.2, -0.15) is 5.10 Å². The first kappa shape index (κ1) is 18.9. The van der Waals surface area contributed by atoms with Crippen LogP contribution >= 0.6 is 11.8 Å². The van der Waals surface area contributed by atoms with Gasteiger partial charge in [0.2, 0.25) is 5.91 Å². The smallest absolute Gasteiger partial charge is 0.250 e. The van der Waals surface area contributed by atoms with Gasteiger partial charge >= 0.3 is 0 Å². The van der Waals surface area contributed by atoms with Crippen molar-refractivity contribution in [2.24, 2.45) is 5.10 Å². The number of thioether (sulfide) groups is 1. The van der Waals surface area contributed by atoms with Crippen LogP contribution in [0.2, 0.25) is 0 Å². The van der Waals surface area contributed by atoms with Crippen LogP contribution in [0.5, 0.6) is 11.5 Å². The molecule has 2 rings (SSSR count). The Morgan fingerprint density at radius 1 is 1.08 bits per heavy atom. The second kappa shape index (κ2) is 9.74. The molecule has 0 unspecified atom stereocenters. The summed E-state index contributed by atoms with van der Waals surface area (Å²) in [5.74, 6) is 1.47. The van der Waals surface area contributed by atoms with E-state index < -0.39 is 0 Å². The van der Waals surface area contributed by atoms with E-state index in [4.69, 9.17) is 9.47 Å². The lowest BCUT2D eigenvalue weighted by Gasteiger charge is -2.10. The molecule has 132 valence electrons. The molecule has 1 amide bonds. The van der Waals surface area contributed by atoms with E-state index in [9.17, 15) is 4.79 Å². The summed E-state index contributed by atoms with van der Waals surface area (Å²) in [6.45, 7) is 1.99. The zero-order chi connectivity index (χ0) is 18.1. The molecule has 0 fully saturated rings. The van der Waals surface area contributed by atoms with Crippen molar-refractivity contribution in [1.29, 1.82) is 0 Å². The second-order valence-electron chi connectivity index (χ2n) is 5.12. The van der Waals surface area contributed by atoms with Gasteiger partial charge in [-0.1, -0.05) is 25.1 Å². The van der Waals surface area contributed by atoms with Gasteiger partial charge in [0.25, 0.3) is 0 Å². The number of benzene rings is 2. The normalized spacial score (nSPS) is 11.1. The highest BCUT2D eigenvalue weighted by atomic mass is 32.2. The Labute approximate surface area is 152 Å². The Morgan fingerprint density at radius 2 is 1.80 bits per heavy atom. The number of hydrazone groups is 1. The summed E-state index contributed by atoms with van der Waals surface area (Å²) in [6, 6.07) is 15.4. The van der Waals surface area contributed by atoms with Crippen LogP contribution < -0.4 is 14.9 Å². The minimum atomic E-state index is -0.139. The molecule has 6 heteroatoms. The molecule has 0 aliphatic carbocycles. The van der Waals surface area contributed by atoms with Crippen molar-refractivity contribution in [1.82, 2.24) is 5.43 Å². The number of methoxy groups -OCH3 is 2. The third kappa shape index (κ3) is 5.53. The monoisotopic (exact) mass is 358 g/mol. The van der Waals surface area contributed by atoms with E-state index in [1.54, 1.807) is 14.2 Å². The summed E-state index contributed by atoms with van der Waals surface area (Å²) in [5.41, 5.74) is 4.29. The summed E-state index contributed by atoms with van der Waals surface area (Å²) < 4.78 is 10.6. The minimum absolute atomic E-state index is 0.139. The fraction of sp³-hybridized carbons (Fsp3) is 0.263. The van der Waals surface area contributed by atoms with Gasteiger partial charge in [0.15, 0.2) is 11.5 Å². The molecule has 0 bridgehead atoms. The summed E-state index contributed by atoms with van der Waals surface area (Å²) in [4.78, 5) is 13.1. The van der Waals surface area contributed by atoms with Crippen molar-refractivity contribution in [3.05, 3.63) is 54.1 Å². The summed E-state index contributed by atoms with van der Waals surface area (Å²) in [5, 5.41) is 4.26. The number of ether oxygens (including phenoxy) is 2. The van der Waals surface area contributed by atoms with Crippen LogP contribution in [0, 0.1) is 0 Å². The van der Waals surface area contributed by atoms with E-state index in [1.807, 2.05) is 55.5 Å². The number of amides is 1. The quantitative estimate of drug-likeness (QED) is 0.444. The Bertz CT molecular complexity index is 733. The van der Waals surface area contributed by atoms with Crippen molar-refractivity contribution < 1.29 is 14.3 Å². The van der Waals surface area contributed by atoms with Crippen LogP contribution in [-0.4, -0.2) is 31.6 Å². The standard InChI is InChI=1S/C19H22N2O3S/c1-4-16(14-10-11-17(23-2)18(12-14)24-3)20-21-19(22)13-25-15-8-6-5-7-9-15/h5-12H,4,13H2,1-3H3,(H,21,22)/b20-16-. The van der Waals surface area contributed by atoms with Crippen LogP contribution in [0.1, 0.15) is 18.9 Å². The minimum Gasteiger partial charge on any atom is -0.493 e. The molecular weight excluding hydrogens is 336 g/mol. The third-order valence-corrected chi connectivity index (χ3v) is 4.49. The predicted octanol–water partition coefficient (Wildman–Crippen LogP) is 3.73. The number of rotatable bonds is 8. The highest BCUT2D eigenvalue weighted by Crippen LogP contribution is 2.28. The molecule has 2 aromatic rings. The van der Waals surface area contributed by atoms with Crippen LogP contribution in [0.25, 0.3) is 0 Å². The molecule has 0 atom stereocenters. The maximum atomic E-state index is 12.0. The number of hydrogen-bond acceptors (Lipinski definition) is 5. The first-order valence-corrected chi connectivity index (χ1v) is 8.92. The van der Waals surface area contributed by atoms with Gasteiger partial charge in [-0.3, -0.25) is 4.79 Å². The van der Waals surface area contributed by atoms with Crippen molar-refractivity contribution in [2.45, 2.75) is 18.2 Å². The molecule has 25 heavy (non-hydrogen) atoms. The Balaban J connectivity index is 2.01. The Hall–Kier alpha value is -2.47. The largest absolute Gasteiger partial charge is 0.493 e. The summed E-state index contributed by atoms with van der Waals surface area (Å²) in [6.07, 6.45) is 0.682. The zero-order valence-electron chi connectivity index (χ0n) is 14.6. The van der Waals surface area contributed by atoms with E-state index in [-0.39, 0.29) is 5.91 Å². The topological polar surface area (TPSA) is 59.9 Å². The zero-order valence-corrected chi connectivity index (χ0v) is 15.4. The summed E-state index contributed by atoms with van der Waals surface area (Å²) in [7, 11) is 3.18. The van der Waals surface area contributed by atoms with Crippen molar-refractivity contribution in [2.75, 3.05) is 20.0 Å². The maximum Gasteiger partial charge on any atom is 0.250 e. The van der Waals surface area contributed by atoms with Gasteiger partial charge in [-0.05, 0) is 36.8 Å². The lowest BCUT2D eigenvalue weighted by Crippen LogP contribution is -2.21. The number of carbonyl (C=O) groups is 1. The van der Waals surface area contributed by atoms with Crippen LogP contribution in [-0.2, 0) is 4.79 Å². The molecule has 2 aromatic carbocycles. The second-order valence-corrected chi connectivity index (χ2v) is 6.17. The van der Waals surface area contributed by atoms with Gasteiger partial charge in [0, 0.05) is 10.5 Å². The highest BCUT2D eigenvalue weighted by Gasteiger charge is 2.09. The SMILES string of the molecule is CC/C(=N/NC(=O)CSc1ccccc1)c1ccc(OC)c(OC)c1. The molecule has 0 saturated carbocycles. The van der Waals surface area contributed by atoms with Gasteiger partial charge in [-0.15, -0.1) is 11.8 Å². The number of nitrogens with zero attached hydrogens (tertiary/aromatic N) is 1. The number of carbonyl (C=O) groups excluding carboxylic acids is 1. The van der Waals surface area contributed by atoms with E-state index in [0.29, 0.717) is 23.7 Å². The molecule has 0 heterocycles. The van der Waals surface area contributed by atoms with Crippen molar-refractivity contribution in [3.63, 3.8) is 0 Å². The first-order valence-electron chi connectivity index (χ1n) is 7.93. The molecule has 1 N–H and O–H groups in total. The Morgan fingerprint density at radius 3 is 2.44 bits per heavy atom. The highest BCUT2D eigenvalue weighted by molar-refractivity contribution is 8.00. The van der Waals surface area contributed by atoms with Gasteiger partial charge in [0.05, 0.1) is 25.7 Å². The third-order valence-electron chi connectivity index (χ3n) is 3.48. The van der Waals surface area contributed by atoms with Crippen LogP contribution in [0.3, 0.4) is 0 Å². The first-order chi connectivity index (χ1) is 12.2. The van der Waals surface area contributed by atoms with Gasteiger partial charge in [-0.25, -0.2) is 5.43 Å². The molecule has 0 aliphatic rings. The molecule has 0 saturated heterocycles. The van der Waals surface area contributed by atoms with Crippen molar-refractivity contribution >= 4 is 23.4 Å². The number of hydrogen-bond donors (Lipinski definition) is 1. The van der Waals surface area contributed by atoms with E-state index >= 15 is 0 Å². The number of nitrogens with one attached hydrogen (secondary N) is 1. The summed E-state index contributed by atoms with van der Waals surface area (Å²) >= 11 is 1.48. The van der Waals surface area contributed by atoms with Gasteiger partial charge < -0.3 is 9.47 Å². The molecule has 5 nitrogen and oxygen atoms in total. The predicted molar refractivity (Wildman–Crippen MR) is 102 cm³/mol. The van der Waals surface area contributed by atoms with E-state index in [0.717, 1.165) is 16.2 Å². The average molecular weight is 358 g/mol. The molecule has 0 aromatic heterocycles. The fourth-order valence-electron chi connectivity index (χ4n) is 2.19. The average Bonchev–Trinajstić information content (AvgIpc) is 2.67. The lowest BCUT2D eigenvalue weighted by atomic mass is 10.1. The van der Waals surface area contributed by atoms with Gasteiger partial charge in [0.1, 0.15) is 0 Å². The molecular formula is C19H22N2O3S. The Kier molecular flexibility index (Phi) is 7.35. The van der Waals surface area contributed by atoms with E-state index in [1.165, 1.54) is 11.8 Å². The fourth-order valence-corrected chi connectivity index (χ4v) is 2.90. The maximum absolute atomic E-state index is 12.0. The molecule has 0 spiro atoms. The van der Waals surface area contributed by atoms with E-state index in [2.05, 4.69) is 10.5 Å². The van der Waals surface area contributed by atoms with Crippen molar-refractivity contribution in [3.8, 4) is 11.5 Å². The van der Waals surface area contributed by atoms with Crippen LogP contribution in [0.4, 0.5) is 0 Å². The molecule has 0 radical (unpaired) electrons. The van der Waals surface area contributed by atoms with Crippen LogP contribution in [0.15, 0.2) is 58.5 Å². The lowest BCUT2D eigenvalue weighted by molar-refractivity contribution is -0.118.